The first-order chi connectivity index (χ1) is 9.19. The summed E-state index contributed by atoms with van der Waals surface area (Å²) in [6.07, 6.45) is 9.80. The lowest BCUT2D eigenvalue weighted by molar-refractivity contribution is -0.0706. The molecule has 2 amide bonds. The molecule has 3 rings (SSSR count). The van der Waals surface area contributed by atoms with Crippen molar-refractivity contribution in [2.45, 2.75) is 63.1 Å². The summed E-state index contributed by atoms with van der Waals surface area (Å²) >= 11 is 0. The molecule has 1 saturated carbocycles. The molecule has 1 aliphatic carbocycles. The maximum absolute atomic E-state index is 12.0. The first kappa shape index (κ1) is 13.2. The molecule has 5 nitrogen and oxygen atoms in total. The van der Waals surface area contributed by atoms with E-state index in [2.05, 4.69) is 0 Å². The minimum Gasteiger partial charge on any atom is -0.370 e. The molecule has 2 heterocycles. The van der Waals surface area contributed by atoms with Gasteiger partial charge in [0.05, 0.1) is 11.7 Å². The quantitative estimate of drug-likeness (QED) is 0.614. The number of urea groups is 1. The fourth-order valence-corrected chi connectivity index (χ4v) is 3.81. The highest BCUT2D eigenvalue weighted by atomic mass is 16.5. The lowest BCUT2D eigenvalue weighted by Gasteiger charge is -2.36. The van der Waals surface area contributed by atoms with Gasteiger partial charge in [-0.25, -0.2) is 10.6 Å². The van der Waals surface area contributed by atoms with Gasteiger partial charge in [-0.3, -0.25) is 5.01 Å². The maximum Gasteiger partial charge on any atom is 0.334 e. The van der Waals surface area contributed by atoms with Crippen LogP contribution in [0.5, 0.6) is 0 Å². The van der Waals surface area contributed by atoms with Gasteiger partial charge in [0, 0.05) is 19.6 Å². The van der Waals surface area contributed by atoms with Gasteiger partial charge in [0.15, 0.2) is 0 Å². The zero-order chi connectivity index (χ0) is 13.3. The first-order valence-electron chi connectivity index (χ1n) is 7.68. The van der Waals surface area contributed by atoms with Gasteiger partial charge in [-0.15, -0.1) is 0 Å². The Morgan fingerprint density at radius 1 is 1.16 bits per heavy atom. The van der Waals surface area contributed by atoms with Gasteiger partial charge in [0.25, 0.3) is 0 Å². The monoisotopic (exact) mass is 267 g/mol. The van der Waals surface area contributed by atoms with Gasteiger partial charge in [-0.2, -0.15) is 0 Å². The van der Waals surface area contributed by atoms with Crippen LogP contribution in [0.1, 0.15) is 51.4 Å². The van der Waals surface area contributed by atoms with Gasteiger partial charge in [-0.1, -0.05) is 19.3 Å². The molecular formula is C14H25N3O2. The van der Waals surface area contributed by atoms with Gasteiger partial charge >= 0.3 is 6.03 Å². The summed E-state index contributed by atoms with van der Waals surface area (Å²) in [4.78, 5) is 13.8. The van der Waals surface area contributed by atoms with E-state index in [0.717, 1.165) is 19.4 Å². The van der Waals surface area contributed by atoms with Crippen LogP contribution in [0.4, 0.5) is 4.79 Å². The molecule has 5 heteroatoms. The Morgan fingerprint density at radius 2 is 1.95 bits per heavy atom. The molecule has 0 aromatic heterocycles. The number of hydrazine groups is 1. The van der Waals surface area contributed by atoms with Crippen LogP contribution in [0.2, 0.25) is 0 Å². The van der Waals surface area contributed by atoms with Crippen molar-refractivity contribution in [3.8, 4) is 0 Å². The van der Waals surface area contributed by atoms with Gasteiger partial charge in [0.1, 0.15) is 0 Å². The number of rotatable bonds is 2. The summed E-state index contributed by atoms with van der Waals surface area (Å²) in [6.45, 7) is 2.21. The normalized spacial score (nSPS) is 31.2. The van der Waals surface area contributed by atoms with Crippen molar-refractivity contribution >= 4 is 6.03 Å². The van der Waals surface area contributed by atoms with Crippen molar-refractivity contribution in [2.24, 2.45) is 5.84 Å². The van der Waals surface area contributed by atoms with Gasteiger partial charge in [-0.05, 0) is 32.1 Å². The number of amides is 2. The second kappa shape index (κ2) is 5.29. The average Bonchev–Trinajstić information content (AvgIpc) is 2.79. The van der Waals surface area contributed by atoms with Crippen molar-refractivity contribution in [3.63, 3.8) is 0 Å². The van der Waals surface area contributed by atoms with Crippen molar-refractivity contribution in [3.05, 3.63) is 0 Å². The summed E-state index contributed by atoms with van der Waals surface area (Å²) in [7, 11) is 0. The molecule has 108 valence electrons. The van der Waals surface area contributed by atoms with Crippen molar-refractivity contribution in [1.82, 2.24) is 9.91 Å². The number of ether oxygens (including phenoxy) is 1. The van der Waals surface area contributed by atoms with Crippen LogP contribution in [0, 0.1) is 0 Å². The Labute approximate surface area is 115 Å². The van der Waals surface area contributed by atoms with E-state index in [1.165, 1.54) is 43.5 Å². The van der Waals surface area contributed by atoms with E-state index in [-0.39, 0.29) is 17.7 Å². The minimum atomic E-state index is -0.0422. The molecule has 1 spiro atoms. The Morgan fingerprint density at radius 3 is 2.74 bits per heavy atom. The Hall–Kier alpha value is -0.810. The summed E-state index contributed by atoms with van der Waals surface area (Å²) in [6, 6.07) is -0.0422. The summed E-state index contributed by atoms with van der Waals surface area (Å²) in [5.41, 5.74) is 0.143. The number of nitrogens with zero attached hydrogens (tertiary/aromatic N) is 2. The Balaban J connectivity index is 1.55. The fraction of sp³-hybridized carbons (Fsp3) is 0.929. The molecular weight excluding hydrogens is 242 g/mol. The van der Waals surface area contributed by atoms with E-state index in [9.17, 15) is 4.79 Å². The number of carbonyl (C=O) groups excluding carboxylic acids is 1. The predicted molar refractivity (Wildman–Crippen MR) is 72.4 cm³/mol. The molecule has 0 aromatic rings. The van der Waals surface area contributed by atoms with Crippen molar-refractivity contribution < 1.29 is 9.53 Å². The van der Waals surface area contributed by atoms with Gasteiger partial charge in [0.2, 0.25) is 0 Å². The van der Waals surface area contributed by atoms with Crippen LogP contribution in [-0.4, -0.2) is 47.3 Å². The maximum atomic E-state index is 12.0. The van der Waals surface area contributed by atoms with Crippen LogP contribution in [-0.2, 0) is 4.74 Å². The minimum absolute atomic E-state index is 0.0422. The highest BCUT2D eigenvalue weighted by Crippen LogP contribution is 2.42. The fourth-order valence-electron chi connectivity index (χ4n) is 3.81. The van der Waals surface area contributed by atoms with E-state index in [1.807, 2.05) is 4.90 Å². The zero-order valence-electron chi connectivity index (χ0n) is 11.6. The zero-order valence-corrected chi connectivity index (χ0v) is 11.6. The number of nitrogens with two attached hydrogens (primary N) is 1. The topological polar surface area (TPSA) is 58.8 Å². The molecule has 1 unspecified atom stereocenters. The number of carbonyl (C=O) groups is 1. The second-order valence-electron chi connectivity index (χ2n) is 6.30. The third kappa shape index (κ3) is 2.72. The largest absolute Gasteiger partial charge is 0.370 e. The average molecular weight is 267 g/mol. The van der Waals surface area contributed by atoms with Crippen molar-refractivity contribution in [1.29, 1.82) is 0 Å². The van der Waals surface area contributed by atoms with E-state index >= 15 is 0 Å². The lowest BCUT2D eigenvalue weighted by Crippen LogP contribution is -2.54. The summed E-state index contributed by atoms with van der Waals surface area (Å²) in [5, 5.41) is 1.33. The number of hydrogen-bond donors (Lipinski definition) is 1. The Bertz CT molecular complexity index is 342. The second-order valence-corrected chi connectivity index (χ2v) is 6.30. The van der Waals surface area contributed by atoms with E-state index in [1.54, 1.807) is 0 Å². The van der Waals surface area contributed by atoms with Crippen molar-refractivity contribution in [2.75, 3.05) is 19.6 Å². The molecule has 2 aliphatic heterocycles. The summed E-state index contributed by atoms with van der Waals surface area (Å²) < 4.78 is 6.32. The smallest absolute Gasteiger partial charge is 0.334 e. The molecule has 2 saturated heterocycles. The number of hydrogen-bond acceptors (Lipinski definition) is 3. The van der Waals surface area contributed by atoms with Crippen LogP contribution in [0.15, 0.2) is 0 Å². The third-order valence-corrected chi connectivity index (χ3v) is 4.87. The molecule has 3 aliphatic rings. The summed E-state index contributed by atoms with van der Waals surface area (Å²) in [5.74, 6) is 5.68. The molecule has 2 N–H and O–H groups in total. The molecule has 0 radical (unpaired) electrons. The molecule has 3 fully saturated rings. The standard InChI is InChI=1S/C14H25N3O2/c15-17-10-4-9-16(13(17)18)11-12-5-8-14(19-12)6-2-1-3-7-14/h12H,1-11,15H2. The van der Waals surface area contributed by atoms with Crippen LogP contribution < -0.4 is 5.84 Å². The predicted octanol–water partition coefficient (Wildman–Crippen LogP) is 1.87. The Kier molecular flexibility index (Phi) is 3.67. The molecule has 0 aromatic carbocycles. The van der Waals surface area contributed by atoms with Crippen LogP contribution >= 0.6 is 0 Å². The first-order valence-corrected chi connectivity index (χ1v) is 7.68. The molecule has 19 heavy (non-hydrogen) atoms. The van der Waals surface area contributed by atoms with Crippen LogP contribution in [0.3, 0.4) is 0 Å². The van der Waals surface area contributed by atoms with E-state index < -0.39 is 0 Å². The highest BCUT2D eigenvalue weighted by molar-refractivity contribution is 5.74. The molecule has 1 atom stereocenters. The third-order valence-electron chi connectivity index (χ3n) is 4.87. The van der Waals surface area contributed by atoms with Crippen LogP contribution in [0.25, 0.3) is 0 Å². The van der Waals surface area contributed by atoms with Gasteiger partial charge < -0.3 is 9.64 Å². The van der Waals surface area contributed by atoms with E-state index in [0.29, 0.717) is 13.1 Å². The van der Waals surface area contributed by atoms with E-state index in [4.69, 9.17) is 10.6 Å². The SMILES string of the molecule is NN1CCCN(CC2CCC3(CCCCC3)O2)C1=O. The molecule has 0 bridgehead atoms. The lowest BCUT2D eigenvalue weighted by atomic mass is 9.83. The highest BCUT2D eigenvalue weighted by Gasteiger charge is 2.41.